The molecule has 1 amide bonds. The van der Waals surface area contributed by atoms with Crippen molar-refractivity contribution in [3.8, 4) is 11.5 Å². The first-order chi connectivity index (χ1) is 12.8. The predicted octanol–water partition coefficient (Wildman–Crippen LogP) is 2.90. The second-order valence-electron chi connectivity index (χ2n) is 5.96. The summed E-state index contributed by atoms with van der Waals surface area (Å²) in [5, 5.41) is 3.11. The van der Waals surface area contributed by atoms with Crippen LogP contribution in [0.1, 0.15) is 6.92 Å². The van der Waals surface area contributed by atoms with Crippen LogP contribution in [-0.2, 0) is 14.8 Å². The second-order valence-corrected chi connectivity index (χ2v) is 8.31. The van der Waals surface area contributed by atoms with Crippen LogP contribution < -0.4 is 19.1 Å². The lowest BCUT2D eigenvalue weighted by Crippen LogP contribution is -2.48. The molecule has 1 aliphatic heterocycles. The highest BCUT2D eigenvalue weighted by atomic mass is 35.5. The normalized spacial score (nSPS) is 16.3. The lowest BCUT2D eigenvalue weighted by Gasteiger charge is -2.34. The zero-order chi connectivity index (χ0) is 19.6. The summed E-state index contributed by atoms with van der Waals surface area (Å²) in [6.45, 7) is 2.22. The summed E-state index contributed by atoms with van der Waals surface area (Å²) in [5.74, 6) is 0.440. The van der Waals surface area contributed by atoms with Crippen molar-refractivity contribution >= 4 is 38.9 Å². The van der Waals surface area contributed by atoms with Crippen LogP contribution in [-0.4, -0.2) is 39.8 Å². The molecule has 2 aromatic carbocycles. The van der Waals surface area contributed by atoms with Gasteiger partial charge in [-0.1, -0.05) is 17.7 Å². The van der Waals surface area contributed by atoms with Crippen LogP contribution in [0.4, 0.5) is 11.4 Å². The van der Waals surface area contributed by atoms with Crippen LogP contribution in [0.25, 0.3) is 0 Å². The topological polar surface area (TPSA) is 84.9 Å². The van der Waals surface area contributed by atoms with E-state index >= 15 is 0 Å². The fourth-order valence-electron chi connectivity index (χ4n) is 2.73. The number of nitrogens with one attached hydrogen (secondary N) is 1. The average molecular weight is 411 g/mol. The van der Waals surface area contributed by atoms with Gasteiger partial charge in [0.2, 0.25) is 10.0 Å². The van der Waals surface area contributed by atoms with Gasteiger partial charge < -0.3 is 14.8 Å². The standard InChI is InChI=1S/C18H19ClN2O5S/c1-3-25-14-6-4-5-13(10-14)20-18(22)17-11-21(27(2,23)24)15-9-12(19)7-8-16(15)26-17/h4-10,17H,3,11H2,1-2H3,(H,20,22)/t17-/m1/s1. The van der Waals surface area contributed by atoms with E-state index in [1.165, 1.54) is 6.07 Å². The molecule has 144 valence electrons. The van der Waals surface area contributed by atoms with Gasteiger partial charge in [-0.3, -0.25) is 9.10 Å². The van der Waals surface area contributed by atoms with Crippen LogP contribution in [0.5, 0.6) is 11.5 Å². The summed E-state index contributed by atoms with van der Waals surface area (Å²) in [4.78, 5) is 12.7. The lowest BCUT2D eigenvalue weighted by molar-refractivity contribution is -0.122. The van der Waals surface area contributed by atoms with E-state index in [4.69, 9.17) is 21.1 Å². The van der Waals surface area contributed by atoms with Gasteiger partial charge in [0.05, 0.1) is 25.1 Å². The van der Waals surface area contributed by atoms with Gasteiger partial charge in [0.1, 0.15) is 11.5 Å². The molecule has 0 aliphatic carbocycles. The first-order valence-corrected chi connectivity index (χ1v) is 10.5. The summed E-state index contributed by atoms with van der Waals surface area (Å²) in [5.41, 5.74) is 0.842. The molecule has 1 atom stereocenters. The van der Waals surface area contributed by atoms with Crippen LogP contribution in [0.2, 0.25) is 5.02 Å². The quantitative estimate of drug-likeness (QED) is 0.819. The maximum atomic E-state index is 12.7. The smallest absolute Gasteiger partial charge is 0.267 e. The van der Waals surface area contributed by atoms with Gasteiger partial charge >= 0.3 is 0 Å². The van der Waals surface area contributed by atoms with Crippen molar-refractivity contribution in [1.82, 2.24) is 0 Å². The van der Waals surface area contributed by atoms with E-state index in [1.54, 1.807) is 36.4 Å². The Balaban J connectivity index is 1.84. The van der Waals surface area contributed by atoms with Crippen molar-refractivity contribution in [3.63, 3.8) is 0 Å². The number of ether oxygens (including phenoxy) is 2. The minimum atomic E-state index is -3.61. The number of rotatable bonds is 5. The molecule has 1 heterocycles. The zero-order valence-corrected chi connectivity index (χ0v) is 16.4. The van der Waals surface area contributed by atoms with Crippen molar-refractivity contribution in [2.24, 2.45) is 0 Å². The highest BCUT2D eigenvalue weighted by molar-refractivity contribution is 7.92. The number of carbonyl (C=O) groups is 1. The molecule has 0 bridgehead atoms. The van der Waals surface area contributed by atoms with Crippen molar-refractivity contribution in [2.75, 3.05) is 29.0 Å². The van der Waals surface area contributed by atoms with Gasteiger partial charge in [0.15, 0.2) is 6.10 Å². The van der Waals surface area contributed by atoms with E-state index in [-0.39, 0.29) is 12.3 Å². The molecule has 0 saturated heterocycles. The third kappa shape index (κ3) is 4.45. The van der Waals surface area contributed by atoms with Crippen LogP contribution in [0.15, 0.2) is 42.5 Å². The van der Waals surface area contributed by atoms with E-state index in [2.05, 4.69) is 5.32 Å². The van der Waals surface area contributed by atoms with Gasteiger partial charge in [-0.2, -0.15) is 0 Å². The van der Waals surface area contributed by atoms with E-state index in [1.807, 2.05) is 6.92 Å². The largest absolute Gasteiger partial charge is 0.494 e. The van der Waals surface area contributed by atoms with Crippen LogP contribution in [0.3, 0.4) is 0 Å². The molecule has 0 unspecified atom stereocenters. The molecule has 0 radical (unpaired) electrons. The van der Waals surface area contributed by atoms with Crippen molar-refractivity contribution in [3.05, 3.63) is 47.5 Å². The van der Waals surface area contributed by atoms with Gasteiger partial charge in [-0.05, 0) is 37.3 Å². The minimum Gasteiger partial charge on any atom is -0.494 e. The number of anilines is 2. The molecule has 0 fully saturated rings. The molecular weight excluding hydrogens is 392 g/mol. The molecule has 9 heteroatoms. The summed E-state index contributed by atoms with van der Waals surface area (Å²) in [7, 11) is -3.61. The Morgan fingerprint density at radius 1 is 1.33 bits per heavy atom. The number of nitrogens with zero attached hydrogens (tertiary/aromatic N) is 1. The van der Waals surface area contributed by atoms with Crippen molar-refractivity contribution in [2.45, 2.75) is 13.0 Å². The van der Waals surface area contributed by atoms with Gasteiger partial charge in [-0.15, -0.1) is 0 Å². The Morgan fingerprint density at radius 2 is 2.11 bits per heavy atom. The average Bonchev–Trinajstić information content (AvgIpc) is 2.60. The molecule has 1 aliphatic rings. The number of sulfonamides is 1. The number of halogens is 1. The highest BCUT2D eigenvalue weighted by Crippen LogP contribution is 2.37. The third-order valence-electron chi connectivity index (χ3n) is 3.90. The Hall–Kier alpha value is -2.45. The van der Waals surface area contributed by atoms with E-state index in [0.717, 1.165) is 10.6 Å². The van der Waals surface area contributed by atoms with Crippen molar-refractivity contribution in [1.29, 1.82) is 0 Å². The molecule has 1 N–H and O–H groups in total. The first-order valence-electron chi connectivity index (χ1n) is 8.25. The minimum absolute atomic E-state index is 0.150. The number of fused-ring (bicyclic) bond motifs is 1. The monoisotopic (exact) mass is 410 g/mol. The molecule has 2 aromatic rings. The summed E-state index contributed by atoms with van der Waals surface area (Å²) in [6, 6.07) is 11.6. The van der Waals surface area contributed by atoms with E-state index < -0.39 is 22.0 Å². The molecule has 3 rings (SSSR count). The Morgan fingerprint density at radius 3 is 2.81 bits per heavy atom. The fourth-order valence-corrected chi connectivity index (χ4v) is 3.80. The SMILES string of the molecule is CCOc1cccc(NC(=O)[C@H]2CN(S(C)(=O)=O)c3cc(Cl)ccc3O2)c1. The van der Waals surface area contributed by atoms with Gasteiger partial charge in [0, 0.05) is 16.8 Å². The van der Waals surface area contributed by atoms with E-state index in [9.17, 15) is 13.2 Å². The number of amides is 1. The molecule has 0 aromatic heterocycles. The third-order valence-corrected chi connectivity index (χ3v) is 5.28. The molecular formula is C18H19ClN2O5S. The molecule has 7 nitrogen and oxygen atoms in total. The maximum Gasteiger partial charge on any atom is 0.267 e. The highest BCUT2D eigenvalue weighted by Gasteiger charge is 2.35. The lowest BCUT2D eigenvalue weighted by atomic mass is 10.2. The molecule has 27 heavy (non-hydrogen) atoms. The second kappa shape index (κ2) is 7.66. The van der Waals surface area contributed by atoms with Crippen molar-refractivity contribution < 1.29 is 22.7 Å². The van der Waals surface area contributed by atoms with Gasteiger partial charge in [0.25, 0.3) is 5.91 Å². The summed E-state index contributed by atoms with van der Waals surface area (Å²) < 4.78 is 36.6. The first kappa shape index (κ1) is 19.3. The Bertz CT molecular complexity index is 964. The number of hydrogen-bond acceptors (Lipinski definition) is 5. The summed E-state index contributed by atoms with van der Waals surface area (Å²) >= 11 is 5.97. The maximum absolute atomic E-state index is 12.7. The molecule has 0 spiro atoms. The van der Waals surface area contributed by atoms with Crippen LogP contribution in [0, 0.1) is 0 Å². The number of hydrogen-bond donors (Lipinski definition) is 1. The number of carbonyl (C=O) groups excluding carboxylic acids is 1. The summed E-state index contributed by atoms with van der Waals surface area (Å²) in [6.07, 6.45) is 0.0629. The Labute approximate surface area is 162 Å². The Kier molecular flexibility index (Phi) is 5.48. The van der Waals surface area contributed by atoms with Crippen LogP contribution >= 0.6 is 11.6 Å². The zero-order valence-electron chi connectivity index (χ0n) is 14.8. The van der Waals surface area contributed by atoms with E-state index in [0.29, 0.717) is 28.8 Å². The number of benzene rings is 2. The molecule has 0 saturated carbocycles. The predicted molar refractivity (Wildman–Crippen MR) is 104 cm³/mol. The fraction of sp³-hybridized carbons (Fsp3) is 0.278. The van der Waals surface area contributed by atoms with Gasteiger partial charge in [-0.25, -0.2) is 8.42 Å².